The van der Waals surface area contributed by atoms with E-state index in [1.807, 2.05) is 4.90 Å². The number of nitriles is 1. The van der Waals surface area contributed by atoms with Gasteiger partial charge in [0.05, 0.1) is 10.9 Å². The predicted octanol–water partition coefficient (Wildman–Crippen LogP) is 1.40. The predicted molar refractivity (Wildman–Crippen MR) is 103 cm³/mol. The molecule has 1 aromatic rings. The van der Waals surface area contributed by atoms with E-state index < -0.39 is 27.8 Å². The average molecular weight is 411 g/mol. The second-order valence-corrected chi connectivity index (χ2v) is 10.3. The van der Waals surface area contributed by atoms with Crippen LogP contribution < -0.4 is 4.74 Å². The molecule has 3 rings (SSSR count). The lowest BCUT2D eigenvalue weighted by Crippen LogP contribution is -2.53. The average Bonchev–Trinajstić information content (AvgIpc) is 3.03. The van der Waals surface area contributed by atoms with Gasteiger partial charge in [-0.2, -0.15) is 5.26 Å². The zero-order valence-electron chi connectivity index (χ0n) is 15.6. The summed E-state index contributed by atoms with van der Waals surface area (Å²) in [7, 11) is -0.702. The molecule has 1 fully saturated rings. The number of thioether (sulfide) groups is 1. The number of amidine groups is 1. The number of aliphatic imine (C=N–C) groups is 1. The lowest BCUT2D eigenvalue weighted by atomic mass is 9.85. The van der Waals surface area contributed by atoms with E-state index in [9.17, 15) is 13.5 Å². The monoisotopic (exact) mass is 410 g/mol. The van der Waals surface area contributed by atoms with Gasteiger partial charge in [0.25, 0.3) is 0 Å². The first-order valence-electron chi connectivity index (χ1n) is 8.39. The van der Waals surface area contributed by atoms with E-state index in [0.717, 1.165) is 10.1 Å². The summed E-state index contributed by atoms with van der Waals surface area (Å²) in [5.74, 6) is 1.25. The number of fused-ring (bicyclic) bond motifs is 1. The van der Waals surface area contributed by atoms with E-state index in [1.165, 1.54) is 31.9 Å². The van der Waals surface area contributed by atoms with Gasteiger partial charge in [0, 0.05) is 32.0 Å². The highest BCUT2D eigenvalue weighted by Gasteiger charge is 2.47. The van der Waals surface area contributed by atoms with Crippen molar-refractivity contribution in [3.63, 3.8) is 0 Å². The van der Waals surface area contributed by atoms with Crippen LogP contribution in [0.5, 0.6) is 5.75 Å². The molecule has 146 valence electrons. The molecule has 1 saturated heterocycles. The Hall–Kier alpha value is -1.80. The maximum Gasteiger partial charge on any atom is 0.242 e. The van der Waals surface area contributed by atoms with E-state index in [2.05, 4.69) is 4.99 Å². The number of rotatable bonds is 3. The van der Waals surface area contributed by atoms with Crippen molar-refractivity contribution in [1.29, 1.82) is 5.26 Å². The fraction of sp³-hybridized carbons (Fsp3) is 0.529. The van der Waals surface area contributed by atoms with Crippen molar-refractivity contribution in [1.82, 2.24) is 9.21 Å². The van der Waals surface area contributed by atoms with Crippen LogP contribution in [0.25, 0.3) is 0 Å². The number of hydrogen-bond donors (Lipinski definition) is 1. The first-order valence-corrected chi connectivity index (χ1v) is 10.8. The molecule has 0 amide bonds. The lowest BCUT2D eigenvalue weighted by molar-refractivity contribution is -0.0801. The second kappa shape index (κ2) is 6.98. The first kappa shape index (κ1) is 19.9. The summed E-state index contributed by atoms with van der Waals surface area (Å²) >= 11 is 1.44. The van der Waals surface area contributed by atoms with Crippen molar-refractivity contribution in [3.8, 4) is 11.9 Å². The maximum atomic E-state index is 12.6. The molecule has 0 aromatic heterocycles. The van der Waals surface area contributed by atoms with Crippen LogP contribution in [0, 0.1) is 11.5 Å². The molecule has 2 atom stereocenters. The maximum absolute atomic E-state index is 12.6. The number of nitrogens with zero attached hydrogens (tertiary/aromatic N) is 4. The molecule has 27 heavy (non-hydrogen) atoms. The largest absolute Gasteiger partial charge is 0.485 e. The van der Waals surface area contributed by atoms with Crippen LogP contribution in [-0.4, -0.2) is 66.0 Å². The fourth-order valence-electron chi connectivity index (χ4n) is 3.27. The van der Waals surface area contributed by atoms with Gasteiger partial charge in [-0.25, -0.2) is 12.7 Å². The fourth-order valence-corrected chi connectivity index (χ4v) is 5.15. The van der Waals surface area contributed by atoms with Crippen LogP contribution in [0.1, 0.15) is 25.5 Å². The van der Waals surface area contributed by atoms with Crippen LogP contribution in [0.2, 0.25) is 0 Å². The van der Waals surface area contributed by atoms with Gasteiger partial charge >= 0.3 is 0 Å². The van der Waals surface area contributed by atoms with E-state index in [1.54, 1.807) is 32.2 Å². The Balaban J connectivity index is 2.17. The van der Waals surface area contributed by atoms with Crippen LogP contribution in [0.4, 0.5) is 0 Å². The molecule has 1 N–H and O–H groups in total. The van der Waals surface area contributed by atoms with Gasteiger partial charge in [0.1, 0.15) is 17.5 Å². The molecular weight excluding hydrogens is 388 g/mol. The van der Waals surface area contributed by atoms with Crippen molar-refractivity contribution < 1.29 is 18.3 Å². The minimum atomic E-state index is -3.64. The second-order valence-electron chi connectivity index (χ2n) is 7.12. The Morgan fingerprint density at radius 3 is 2.78 bits per heavy atom. The molecule has 0 spiro atoms. The molecule has 0 aliphatic carbocycles. The Morgan fingerprint density at radius 1 is 1.44 bits per heavy atom. The normalized spacial score (nSPS) is 26.0. The molecule has 10 heteroatoms. The third-order valence-electron chi connectivity index (χ3n) is 4.75. The molecule has 2 unspecified atom stereocenters. The van der Waals surface area contributed by atoms with Crippen LogP contribution in [0.15, 0.2) is 28.1 Å². The zero-order chi connectivity index (χ0) is 20.0. The number of ether oxygens (including phenoxy) is 1. The minimum absolute atomic E-state index is 0.123. The summed E-state index contributed by atoms with van der Waals surface area (Å²) in [6, 6.07) is 4.10. The SMILES string of the molecule is CN(C)S(=O)(=O)c1ccc2c(c1)C(N1CCS/C1=N\C#N)C(O)C(C)(C)O2. The summed E-state index contributed by atoms with van der Waals surface area (Å²) in [6.45, 7) is 4.15. The smallest absolute Gasteiger partial charge is 0.242 e. The van der Waals surface area contributed by atoms with E-state index in [4.69, 9.17) is 10.00 Å². The number of sulfonamides is 1. The molecule has 0 saturated carbocycles. The van der Waals surface area contributed by atoms with Gasteiger partial charge in [0.2, 0.25) is 16.2 Å². The molecule has 8 nitrogen and oxygen atoms in total. The number of hydrogen-bond acceptors (Lipinski definition) is 7. The highest BCUT2D eigenvalue weighted by atomic mass is 32.2. The Bertz CT molecular complexity index is 921. The van der Waals surface area contributed by atoms with Gasteiger partial charge in [-0.05, 0) is 32.0 Å². The van der Waals surface area contributed by atoms with Crippen LogP contribution in [-0.2, 0) is 10.0 Å². The third kappa shape index (κ3) is 3.40. The van der Waals surface area contributed by atoms with Gasteiger partial charge in [-0.15, -0.1) is 4.99 Å². The molecular formula is C17H22N4O4S2. The quantitative estimate of drug-likeness (QED) is 0.751. The van der Waals surface area contributed by atoms with Crippen LogP contribution >= 0.6 is 11.8 Å². The summed E-state index contributed by atoms with van der Waals surface area (Å²) in [5.41, 5.74) is -0.317. The number of aliphatic hydroxyl groups excluding tert-OH is 1. The van der Waals surface area contributed by atoms with Crippen molar-refractivity contribution >= 4 is 27.0 Å². The summed E-state index contributed by atoms with van der Waals surface area (Å²) in [5, 5.41) is 20.5. The lowest BCUT2D eigenvalue weighted by Gasteiger charge is -2.45. The summed E-state index contributed by atoms with van der Waals surface area (Å²) in [6.07, 6.45) is 0.859. The zero-order valence-corrected chi connectivity index (χ0v) is 17.2. The molecule has 0 radical (unpaired) electrons. The Labute approximate surface area is 163 Å². The summed E-state index contributed by atoms with van der Waals surface area (Å²) in [4.78, 5) is 5.84. The highest BCUT2D eigenvalue weighted by Crippen LogP contribution is 2.45. The number of benzene rings is 1. The van der Waals surface area contributed by atoms with Crippen LogP contribution in [0.3, 0.4) is 0 Å². The van der Waals surface area contributed by atoms with Crippen molar-refractivity contribution in [2.45, 2.75) is 36.5 Å². The van der Waals surface area contributed by atoms with Gasteiger partial charge in [-0.3, -0.25) is 0 Å². The van der Waals surface area contributed by atoms with Gasteiger partial charge in [0.15, 0.2) is 5.17 Å². The highest BCUT2D eigenvalue weighted by molar-refractivity contribution is 8.14. The molecule has 2 aliphatic heterocycles. The van der Waals surface area contributed by atoms with Crippen molar-refractivity contribution in [3.05, 3.63) is 23.8 Å². The summed E-state index contributed by atoms with van der Waals surface area (Å²) < 4.78 is 32.2. The molecule has 0 bridgehead atoms. The topological polar surface area (TPSA) is 106 Å². The molecule has 2 heterocycles. The van der Waals surface area contributed by atoms with Gasteiger partial charge < -0.3 is 14.7 Å². The number of aliphatic hydroxyl groups is 1. The molecule has 2 aliphatic rings. The first-order chi connectivity index (χ1) is 12.6. The van der Waals surface area contributed by atoms with Crippen molar-refractivity contribution in [2.75, 3.05) is 26.4 Å². The standard InChI is InChI=1S/C17H22N4O4S2/c1-17(2)15(22)14(21-7-8-26-16(21)19-10-18)12-9-11(5-6-13(12)25-17)27(23,24)20(3)4/h5-6,9,14-15,22H,7-8H2,1-4H3/b19-16-. The minimum Gasteiger partial charge on any atom is -0.485 e. The van der Waals surface area contributed by atoms with E-state index >= 15 is 0 Å². The third-order valence-corrected chi connectivity index (χ3v) is 7.54. The van der Waals surface area contributed by atoms with Gasteiger partial charge in [-0.1, -0.05) is 11.8 Å². The van der Waals surface area contributed by atoms with E-state index in [-0.39, 0.29) is 4.90 Å². The van der Waals surface area contributed by atoms with E-state index in [0.29, 0.717) is 23.0 Å². The Kier molecular flexibility index (Phi) is 5.16. The van der Waals surface area contributed by atoms with Crippen molar-refractivity contribution in [2.24, 2.45) is 4.99 Å². The Morgan fingerprint density at radius 2 is 2.15 bits per heavy atom. The molecule has 1 aromatic carbocycles.